The lowest BCUT2D eigenvalue weighted by Gasteiger charge is -2.32. The van der Waals surface area contributed by atoms with E-state index in [9.17, 15) is 4.79 Å². The van der Waals surface area contributed by atoms with Crippen molar-refractivity contribution in [1.29, 1.82) is 0 Å². The summed E-state index contributed by atoms with van der Waals surface area (Å²) < 4.78 is 0. The predicted octanol–water partition coefficient (Wildman–Crippen LogP) is -0.304. The summed E-state index contributed by atoms with van der Waals surface area (Å²) in [5.41, 5.74) is 6.43. The number of hydrogen-bond donors (Lipinski definition) is 4. The number of rotatable bonds is 3. The maximum absolute atomic E-state index is 10.6. The summed E-state index contributed by atoms with van der Waals surface area (Å²) >= 11 is 1.44. The molecule has 3 aliphatic rings. The number of nitrogens with zero attached hydrogens (tertiary/aromatic N) is 1. The topological polar surface area (TPSA) is 76.6 Å². The number of thioether (sulfide) groups is 1. The Morgan fingerprint density at radius 3 is 3.00 bits per heavy atom. The van der Waals surface area contributed by atoms with Crippen LogP contribution in [0, 0.1) is 0 Å². The molecule has 2 aliphatic heterocycles. The number of carboxylic acids is 1. The van der Waals surface area contributed by atoms with Crippen molar-refractivity contribution in [2.75, 3.05) is 5.75 Å². The monoisotopic (exact) mass is 258 g/mol. The zero-order chi connectivity index (χ0) is 11.8. The fraction of sp³-hybridized carbons (Fsp3) is 0.900. The molecule has 6 nitrogen and oxygen atoms in total. The van der Waals surface area contributed by atoms with Gasteiger partial charge in [-0.05, 0) is 12.8 Å². The number of carbonyl (C=O) groups is 1. The molecule has 0 bridgehead atoms. The Morgan fingerprint density at radius 1 is 1.35 bits per heavy atom. The second-order valence-electron chi connectivity index (χ2n) is 4.82. The first-order chi connectivity index (χ1) is 8.25. The van der Waals surface area contributed by atoms with Gasteiger partial charge in [0.2, 0.25) is 0 Å². The van der Waals surface area contributed by atoms with Crippen molar-refractivity contribution < 1.29 is 9.90 Å². The van der Waals surface area contributed by atoms with Crippen LogP contribution in [0.3, 0.4) is 0 Å². The van der Waals surface area contributed by atoms with E-state index in [1.807, 2.05) is 0 Å². The SMILES string of the molecule is O=C(O)CSC1NNC2NC3CCCCC3N21. The van der Waals surface area contributed by atoms with Gasteiger partial charge in [0.15, 0.2) is 0 Å². The standard InChI is InChI=1S/C10H18N4O2S/c15-8(16)5-17-10-13-12-9-11-6-3-1-2-4-7(6)14(9)10/h6-7,9-13H,1-5H2,(H,15,16). The minimum atomic E-state index is -0.757. The van der Waals surface area contributed by atoms with Crippen molar-refractivity contribution in [3.05, 3.63) is 0 Å². The second kappa shape index (κ2) is 4.74. The van der Waals surface area contributed by atoms with E-state index in [-0.39, 0.29) is 17.5 Å². The average molecular weight is 258 g/mol. The normalized spacial score (nSPS) is 41.2. The first-order valence-electron chi connectivity index (χ1n) is 6.13. The molecule has 3 rings (SSSR count). The number of nitrogens with one attached hydrogen (secondary N) is 3. The highest BCUT2D eigenvalue weighted by Crippen LogP contribution is 2.34. The van der Waals surface area contributed by atoms with Crippen LogP contribution in [0.1, 0.15) is 25.7 Å². The minimum absolute atomic E-state index is 0.0664. The zero-order valence-electron chi connectivity index (χ0n) is 9.56. The first kappa shape index (κ1) is 11.7. The number of hydrogen-bond acceptors (Lipinski definition) is 6. The molecule has 96 valence electrons. The Kier molecular flexibility index (Phi) is 3.27. The van der Waals surface area contributed by atoms with E-state index in [1.54, 1.807) is 0 Å². The Hall–Kier alpha value is -0.340. The minimum Gasteiger partial charge on any atom is -0.481 e. The van der Waals surface area contributed by atoms with Crippen LogP contribution in [-0.4, -0.2) is 45.6 Å². The van der Waals surface area contributed by atoms with Crippen LogP contribution in [-0.2, 0) is 4.79 Å². The molecule has 0 radical (unpaired) electrons. The van der Waals surface area contributed by atoms with Gasteiger partial charge < -0.3 is 5.11 Å². The van der Waals surface area contributed by atoms with Gasteiger partial charge in [0.1, 0.15) is 11.8 Å². The number of fused-ring (bicyclic) bond motifs is 3. The molecule has 1 aliphatic carbocycles. The lowest BCUT2D eigenvalue weighted by molar-refractivity contribution is -0.133. The van der Waals surface area contributed by atoms with Crippen molar-refractivity contribution in [2.24, 2.45) is 0 Å². The summed E-state index contributed by atoms with van der Waals surface area (Å²) in [7, 11) is 0. The molecule has 0 aromatic rings. The van der Waals surface area contributed by atoms with Crippen molar-refractivity contribution in [3.63, 3.8) is 0 Å². The number of aliphatic carboxylic acids is 1. The summed E-state index contributed by atoms with van der Waals surface area (Å²) in [4.78, 5) is 13.0. The molecule has 17 heavy (non-hydrogen) atoms. The summed E-state index contributed by atoms with van der Waals surface area (Å²) in [5.74, 6) is -0.618. The van der Waals surface area contributed by atoms with Gasteiger partial charge in [-0.2, -0.15) is 0 Å². The Morgan fingerprint density at radius 2 is 2.18 bits per heavy atom. The van der Waals surface area contributed by atoms with Gasteiger partial charge in [0.05, 0.1) is 5.75 Å². The molecule has 0 spiro atoms. The Labute approximate surface area is 104 Å². The van der Waals surface area contributed by atoms with Gasteiger partial charge in [-0.3, -0.25) is 10.1 Å². The van der Waals surface area contributed by atoms with Crippen molar-refractivity contribution in [3.8, 4) is 0 Å². The van der Waals surface area contributed by atoms with E-state index in [2.05, 4.69) is 21.1 Å². The largest absolute Gasteiger partial charge is 0.481 e. The molecular weight excluding hydrogens is 240 g/mol. The maximum atomic E-state index is 10.6. The molecule has 4 N–H and O–H groups in total. The van der Waals surface area contributed by atoms with E-state index in [0.29, 0.717) is 12.1 Å². The van der Waals surface area contributed by atoms with Gasteiger partial charge in [0.25, 0.3) is 0 Å². The summed E-state index contributed by atoms with van der Waals surface area (Å²) in [6, 6.07) is 1.11. The molecule has 2 saturated heterocycles. The molecule has 4 unspecified atom stereocenters. The smallest absolute Gasteiger partial charge is 0.313 e. The maximum Gasteiger partial charge on any atom is 0.313 e. The van der Waals surface area contributed by atoms with Crippen LogP contribution in [0.4, 0.5) is 0 Å². The molecule has 1 saturated carbocycles. The van der Waals surface area contributed by atoms with Crippen molar-refractivity contribution in [2.45, 2.75) is 49.6 Å². The van der Waals surface area contributed by atoms with Crippen LogP contribution in [0.15, 0.2) is 0 Å². The summed E-state index contributed by atoms with van der Waals surface area (Å²) in [5, 5.41) is 12.3. The van der Waals surface area contributed by atoms with E-state index < -0.39 is 5.97 Å². The highest BCUT2D eigenvalue weighted by molar-refractivity contribution is 8.00. The third kappa shape index (κ3) is 2.17. The molecular formula is C10H18N4O2S. The van der Waals surface area contributed by atoms with Crippen LogP contribution in [0.25, 0.3) is 0 Å². The third-order valence-electron chi connectivity index (χ3n) is 3.76. The van der Waals surface area contributed by atoms with Gasteiger partial charge in [-0.1, -0.05) is 12.8 Å². The molecule has 2 heterocycles. The van der Waals surface area contributed by atoms with E-state index in [1.165, 1.54) is 37.4 Å². The number of hydrazine groups is 1. The molecule has 3 fully saturated rings. The average Bonchev–Trinajstić information content (AvgIpc) is 2.84. The van der Waals surface area contributed by atoms with Gasteiger partial charge in [-0.25, -0.2) is 15.8 Å². The highest BCUT2D eigenvalue weighted by Gasteiger charge is 2.48. The zero-order valence-corrected chi connectivity index (χ0v) is 10.4. The van der Waals surface area contributed by atoms with Crippen molar-refractivity contribution >= 4 is 17.7 Å². The van der Waals surface area contributed by atoms with E-state index in [0.717, 1.165) is 0 Å². The second-order valence-corrected chi connectivity index (χ2v) is 5.89. The van der Waals surface area contributed by atoms with Crippen LogP contribution in [0.5, 0.6) is 0 Å². The van der Waals surface area contributed by atoms with Gasteiger partial charge in [-0.15, -0.1) is 11.8 Å². The van der Waals surface area contributed by atoms with Crippen LogP contribution >= 0.6 is 11.8 Å². The van der Waals surface area contributed by atoms with Gasteiger partial charge >= 0.3 is 5.97 Å². The molecule has 0 aromatic heterocycles. The number of carboxylic acid groups (broad SMARTS) is 1. The third-order valence-corrected chi connectivity index (χ3v) is 4.85. The first-order valence-corrected chi connectivity index (χ1v) is 7.18. The lowest BCUT2D eigenvalue weighted by atomic mass is 9.91. The van der Waals surface area contributed by atoms with E-state index >= 15 is 0 Å². The molecule has 0 aromatic carbocycles. The Bertz CT molecular complexity index is 317. The van der Waals surface area contributed by atoms with Crippen LogP contribution in [0.2, 0.25) is 0 Å². The predicted molar refractivity (Wildman–Crippen MR) is 65.0 cm³/mol. The van der Waals surface area contributed by atoms with E-state index in [4.69, 9.17) is 5.11 Å². The van der Waals surface area contributed by atoms with Crippen molar-refractivity contribution in [1.82, 2.24) is 21.1 Å². The summed E-state index contributed by atoms with van der Waals surface area (Å²) in [6.07, 6.45) is 5.18. The molecule has 7 heteroatoms. The fourth-order valence-corrected chi connectivity index (χ4v) is 3.97. The summed E-state index contributed by atoms with van der Waals surface area (Å²) in [6.45, 7) is 0. The highest BCUT2D eigenvalue weighted by atomic mass is 32.2. The van der Waals surface area contributed by atoms with Crippen LogP contribution < -0.4 is 16.2 Å². The fourth-order valence-electron chi connectivity index (χ4n) is 3.07. The molecule has 0 amide bonds. The molecule has 4 atom stereocenters. The Balaban J connectivity index is 1.66. The quantitative estimate of drug-likeness (QED) is 0.553. The lowest BCUT2D eigenvalue weighted by Crippen LogP contribution is -2.46. The van der Waals surface area contributed by atoms with Gasteiger partial charge in [0, 0.05) is 12.1 Å².